The van der Waals surface area contributed by atoms with E-state index in [4.69, 9.17) is 5.11 Å². The third-order valence-electron chi connectivity index (χ3n) is 0.258. The zero-order valence-corrected chi connectivity index (χ0v) is 3.56. The average Bonchev–Trinajstić information content (AvgIpc) is 1.61. The highest BCUT2D eigenvalue weighted by Gasteiger charge is 1.81. The fourth-order valence-electron chi connectivity index (χ4n) is 0.0977. The summed E-state index contributed by atoms with van der Waals surface area (Å²) in [5, 5.41) is 9.59. The zero-order chi connectivity index (χ0) is 5.70. The topological polar surface area (TPSA) is 49.3 Å². The molecule has 0 saturated carbocycles. The molecule has 37 valence electrons. The molecular weight excluding hydrogens is 94.0 g/mol. The number of hydrogen-bond acceptors (Lipinski definition) is 1. The average molecular weight is 98.1 g/mol. The van der Waals surface area contributed by atoms with Crippen LogP contribution in [-0.2, 0) is 0 Å². The fraction of sp³-hybridized carbons (Fsp3) is 0. The van der Waals surface area contributed by atoms with Crippen LogP contribution < -0.4 is 5.32 Å². The van der Waals surface area contributed by atoms with Crippen molar-refractivity contribution in [3.05, 3.63) is 6.92 Å². The van der Waals surface area contributed by atoms with E-state index in [9.17, 15) is 4.79 Å². The van der Waals surface area contributed by atoms with Crippen molar-refractivity contribution in [3.63, 3.8) is 0 Å². The van der Waals surface area contributed by atoms with E-state index < -0.39 is 6.09 Å². The predicted octanol–water partition coefficient (Wildman–Crippen LogP) is 0.0490. The standard InChI is InChI=1S/C4H4NO2/c1-2-3-5-4(6)7/h5H,1H2,(H,6,7). The first kappa shape index (κ1) is 5.83. The van der Waals surface area contributed by atoms with E-state index in [1.54, 1.807) is 5.32 Å². The Morgan fingerprint density at radius 1 is 1.86 bits per heavy atom. The van der Waals surface area contributed by atoms with Crippen molar-refractivity contribution in [2.75, 3.05) is 0 Å². The number of carboxylic acid groups (broad SMARTS) is 1. The fourth-order valence-corrected chi connectivity index (χ4v) is 0.0977. The van der Waals surface area contributed by atoms with Gasteiger partial charge in [0.1, 0.15) is 0 Å². The lowest BCUT2D eigenvalue weighted by Crippen LogP contribution is -2.13. The lowest BCUT2D eigenvalue weighted by atomic mass is 10.8. The molecule has 0 aromatic rings. The smallest absolute Gasteiger partial charge is 0.416 e. The molecule has 0 aromatic carbocycles. The second-order valence-corrected chi connectivity index (χ2v) is 0.732. The van der Waals surface area contributed by atoms with Crippen LogP contribution in [0.2, 0.25) is 0 Å². The summed E-state index contributed by atoms with van der Waals surface area (Å²) in [6, 6.07) is 2.04. The highest BCUT2D eigenvalue weighted by atomic mass is 16.4. The van der Waals surface area contributed by atoms with Crippen LogP contribution in [0.1, 0.15) is 0 Å². The van der Waals surface area contributed by atoms with Crippen LogP contribution in [0.4, 0.5) is 4.79 Å². The first-order valence-electron chi connectivity index (χ1n) is 1.53. The van der Waals surface area contributed by atoms with E-state index in [1.165, 1.54) is 0 Å². The van der Waals surface area contributed by atoms with Crippen LogP contribution in [0.25, 0.3) is 0 Å². The molecule has 0 spiro atoms. The Kier molecular flexibility index (Phi) is 2.53. The lowest BCUT2D eigenvalue weighted by Gasteiger charge is -1.79. The van der Waals surface area contributed by atoms with Crippen LogP contribution in [-0.4, -0.2) is 11.2 Å². The molecule has 2 N–H and O–H groups in total. The molecule has 0 unspecified atom stereocenters. The largest absolute Gasteiger partial charge is 0.464 e. The Hall–Kier alpha value is -1.17. The normalized spacial score (nSPS) is 5.86. The highest BCUT2D eigenvalue weighted by molar-refractivity contribution is 5.66. The van der Waals surface area contributed by atoms with Gasteiger partial charge >= 0.3 is 6.09 Å². The first-order chi connectivity index (χ1) is 3.27. The van der Waals surface area contributed by atoms with E-state index >= 15 is 0 Å². The summed E-state index contributed by atoms with van der Waals surface area (Å²) in [5.74, 6) is 2.11. The quantitative estimate of drug-likeness (QED) is 0.332. The Bertz CT molecular complexity index is 119. The minimum Gasteiger partial charge on any atom is -0.464 e. The molecule has 0 aliphatic carbocycles. The molecule has 7 heavy (non-hydrogen) atoms. The SMILES string of the molecule is [CH2]C#CNC(=O)O. The molecular formula is C4H4NO2. The van der Waals surface area contributed by atoms with Crippen LogP contribution >= 0.6 is 0 Å². The minimum absolute atomic E-state index is 1.16. The molecule has 0 saturated heterocycles. The van der Waals surface area contributed by atoms with Gasteiger partial charge in [-0.05, 0) is 0 Å². The molecule has 1 radical (unpaired) electrons. The van der Waals surface area contributed by atoms with E-state index in [0.29, 0.717) is 0 Å². The molecule has 0 aromatic heterocycles. The Balaban J connectivity index is 3.26. The molecule has 0 bridgehead atoms. The molecule has 0 aliphatic rings. The third kappa shape index (κ3) is 4.83. The van der Waals surface area contributed by atoms with Gasteiger partial charge in [0.25, 0.3) is 0 Å². The van der Waals surface area contributed by atoms with E-state index in [-0.39, 0.29) is 0 Å². The second kappa shape index (κ2) is 3.04. The van der Waals surface area contributed by atoms with Gasteiger partial charge < -0.3 is 5.11 Å². The van der Waals surface area contributed by atoms with Crippen molar-refractivity contribution >= 4 is 6.09 Å². The van der Waals surface area contributed by atoms with Crippen LogP contribution in [0.3, 0.4) is 0 Å². The van der Waals surface area contributed by atoms with Crippen molar-refractivity contribution in [2.45, 2.75) is 0 Å². The Morgan fingerprint density at radius 3 is 2.57 bits per heavy atom. The summed E-state index contributed by atoms with van der Waals surface area (Å²) in [4.78, 5) is 9.52. The Morgan fingerprint density at radius 2 is 2.43 bits per heavy atom. The molecule has 0 fully saturated rings. The maximum absolute atomic E-state index is 9.52. The number of amides is 1. The molecule has 0 atom stereocenters. The summed E-state index contributed by atoms with van der Waals surface area (Å²) >= 11 is 0. The van der Waals surface area contributed by atoms with Crippen LogP contribution in [0.5, 0.6) is 0 Å². The van der Waals surface area contributed by atoms with Gasteiger partial charge in [0, 0.05) is 13.0 Å². The summed E-state index contributed by atoms with van der Waals surface area (Å²) < 4.78 is 0. The maximum Gasteiger partial charge on any atom is 0.416 e. The van der Waals surface area contributed by atoms with E-state index in [0.717, 1.165) is 0 Å². The van der Waals surface area contributed by atoms with Gasteiger partial charge in [-0.1, -0.05) is 5.92 Å². The predicted molar refractivity (Wildman–Crippen MR) is 24.3 cm³/mol. The van der Waals surface area contributed by atoms with Gasteiger partial charge in [0.15, 0.2) is 0 Å². The monoisotopic (exact) mass is 98.0 g/mol. The third-order valence-corrected chi connectivity index (χ3v) is 0.258. The second-order valence-electron chi connectivity index (χ2n) is 0.732. The van der Waals surface area contributed by atoms with Crippen molar-refractivity contribution in [2.24, 2.45) is 0 Å². The number of carbonyl (C=O) groups is 1. The first-order valence-corrected chi connectivity index (χ1v) is 1.53. The molecule has 0 heterocycles. The molecule has 0 aliphatic heterocycles. The number of rotatable bonds is 0. The summed E-state index contributed by atoms with van der Waals surface area (Å²) in [6.07, 6.45) is -1.16. The van der Waals surface area contributed by atoms with E-state index in [2.05, 4.69) is 12.8 Å². The Labute approximate surface area is 41.3 Å². The maximum atomic E-state index is 9.52. The van der Waals surface area contributed by atoms with Crippen molar-refractivity contribution in [1.82, 2.24) is 5.32 Å². The summed E-state index contributed by atoms with van der Waals surface area (Å²) in [6.45, 7) is 3.07. The van der Waals surface area contributed by atoms with E-state index in [1.807, 2.05) is 6.04 Å². The molecule has 3 nitrogen and oxygen atoms in total. The van der Waals surface area contributed by atoms with Gasteiger partial charge in [-0.2, -0.15) is 0 Å². The van der Waals surface area contributed by atoms with Gasteiger partial charge in [0.2, 0.25) is 0 Å². The van der Waals surface area contributed by atoms with Gasteiger partial charge in [-0.25, -0.2) is 10.1 Å². The van der Waals surface area contributed by atoms with Gasteiger partial charge in [-0.3, -0.25) is 0 Å². The molecule has 1 amide bonds. The summed E-state index contributed by atoms with van der Waals surface area (Å²) in [7, 11) is 0. The molecule has 0 rings (SSSR count). The van der Waals surface area contributed by atoms with Crippen LogP contribution in [0.15, 0.2) is 0 Å². The number of nitrogens with one attached hydrogen (secondary N) is 1. The minimum atomic E-state index is -1.16. The summed E-state index contributed by atoms with van der Waals surface area (Å²) in [5.41, 5.74) is 0. The van der Waals surface area contributed by atoms with Gasteiger partial charge in [0.05, 0.1) is 0 Å². The molecule has 3 heteroatoms. The van der Waals surface area contributed by atoms with Crippen molar-refractivity contribution in [1.29, 1.82) is 0 Å². The van der Waals surface area contributed by atoms with Crippen molar-refractivity contribution in [3.8, 4) is 12.0 Å². The lowest BCUT2D eigenvalue weighted by molar-refractivity contribution is 0.199. The highest BCUT2D eigenvalue weighted by Crippen LogP contribution is 1.52. The van der Waals surface area contributed by atoms with Gasteiger partial charge in [-0.15, -0.1) is 0 Å². The number of hydrogen-bond donors (Lipinski definition) is 2. The van der Waals surface area contributed by atoms with Crippen molar-refractivity contribution < 1.29 is 9.90 Å². The zero-order valence-electron chi connectivity index (χ0n) is 3.56. The van der Waals surface area contributed by atoms with Crippen LogP contribution in [0, 0.1) is 18.9 Å².